The van der Waals surface area contributed by atoms with Crippen LogP contribution in [0.1, 0.15) is 25.5 Å². The lowest BCUT2D eigenvalue weighted by atomic mass is 9.88. The Kier molecular flexibility index (Phi) is 3.33. The van der Waals surface area contributed by atoms with Gasteiger partial charge < -0.3 is 25.4 Å². The monoisotopic (exact) mass is 302 g/mol. The predicted molar refractivity (Wildman–Crippen MR) is 80.8 cm³/mol. The number of ether oxygens (including phenoxy) is 2. The highest BCUT2D eigenvalue weighted by molar-refractivity contribution is 5.51. The second kappa shape index (κ2) is 5.06. The van der Waals surface area contributed by atoms with Gasteiger partial charge in [-0.1, -0.05) is 0 Å². The van der Waals surface area contributed by atoms with Crippen molar-refractivity contribution in [3.8, 4) is 17.4 Å². The third-order valence-electron chi connectivity index (χ3n) is 3.69. The van der Waals surface area contributed by atoms with Gasteiger partial charge in [-0.25, -0.2) is 4.98 Å². The molecule has 4 N–H and O–H groups in total. The van der Waals surface area contributed by atoms with Crippen LogP contribution >= 0.6 is 0 Å². The lowest BCUT2D eigenvalue weighted by Gasteiger charge is -2.41. The second-order valence-corrected chi connectivity index (χ2v) is 5.84. The topological polar surface area (TPSA) is 97.8 Å². The Morgan fingerprint density at radius 2 is 2.05 bits per heavy atom. The van der Waals surface area contributed by atoms with Crippen molar-refractivity contribution in [1.29, 1.82) is 0 Å². The predicted octanol–water partition coefficient (Wildman–Crippen LogP) is 2.02. The minimum absolute atomic E-state index is 0.147. The summed E-state index contributed by atoms with van der Waals surface area (Å²) in [5.74, 6) is 0.876. The van der Waals surface area contributed by atoms with Crippen molar-refractivity contribution < 1.29 is 19.7 Å². The molecule has 1 aromatic heterocycles. The molecule has 2 heterocycles. The molecule has 0 amide bonds. The van der Waals surface area contributed by atoms with Crippen molar-refractivity contribution in [2.24, 2.45) is 0 Å². The molecule has 0 saturated heterocycles. The molecule has 0 radical (unpaired) electrons. The lowest BCUT2D eigenvalue weighted by Crippen LogP contribution is -2.50. The number of nitrogen functional groups attached to an aromatic ring is 1. The molecular weight excluding hydrogens is 284 g/mol. The van der Waals surface area contributed by atoms with E-state index < -0.39 is 17.8 Å². The fraction of sp³-hybridized carbons (Fsp3) is 0.312. The maximum Gasteiger partial charge on any atom is 0.214 e. The summed E-state index contributed by atoms with van der Waals surface area (Å²) in [5, 5.41) is 20.0. The van der Waals surface area contributed by atoms with Gasteiger partial charge in [0.1, 0.15) is 23.2 Å². The van der Waals surface area contributed by atoms with Gasteiger partial charge in [0.05, 0.1) is 0 Å². The first-order valence-electron chi connectivity index (χ1n) is 6.95. The van der Waals surface area contributed by atoms with Crippen molar-refractivity contribution >= 4 is 5.69 Å². The van der Waals surface area contributed by atoms with Crippen molar-refractivity contribution in [1.82, 2.24) is 4.98 Å². The van der Waals surface area contributed by atoms with E-state index in [1.807, 2.05) is 0 Å². The number of aliphatic hydroxyl groups excluding tert-OH is 1. The van der Waals surface area contributed by atoms with Crippen molar-refractivity contribution in [2.45, 2.75) is 31.7 Å². The van der Waals surface area contributed by atoms with Gasteiger partial charge in [0.25, 0.3) is 0 Å². The molecule has 0 aliphatic carbocycles. The van der Waals surface area contributed by atoms with Gasteiger partial charge in [-0.15, -0.1) is 0 Å². The summed E-state index contributed by atoms with van der Waals surface area (Å²) in [6, 6.07) is 8.22. The molecule has 1 aromatic carbocycles. The van der Waals surface area contributed by atoms with Gasteiger partial charge in [-0.2, -0.15) is 0 Å². The molecule has 2 unspecified atom stereocenters. The number of aliphatic hydroxyl groups is 1. The first-order chi connectivity index (χ1) is 10.4. The Labute approximate surface area is 128 Å². The number of hydrogen-bond acceptors (Lipinski definition) is 6. The van der Waals surface area contributed by atoms with Gasteiger partial charge >= 0.3 is 0 Å². The molecule has 2 aromatic rings. The molecular formula is C16H18N2O4. The summed E-state index contributed by atoms with van der Waals surface area (Å²) in [6.07, 6.45) is -0.136. The molecule has 0 bridgehead atoms. The number of aromatic hydroxyl groups is 1. The summed E-state index contributed by atoms with van der Waals surface area (Å²) in [7, 11) is 0. The van der Waals surface area contributed by atoms with Gasteiger partial charge in [0.15, 0.2) is 6.10 Å². The van der Waals surface area contributed by atoms with E-state index in [0.717, 1.165) is 0 Å². The van der Waals surface area contributed by atoms with Gasteiger partial charge in [-0.3, -0.25) is 0 Å². The van der Waals surface area contributed by atoms with Crippen LogP contribution in [0.5, 0.6) is 17.4 Å². The van der Waals surface area contributed by atoms with Crippen LogP contribution in [0.3, 0.4) is 0 Å². The van der Waals surface area contributed by atoms with E-state index in [-0.39, 0.29) is 5.88 Å². The molecule has 6 heteroatoms. The van der Waals surface area contributed by atoms with Crippen LogP contribution < -0.4 is 15.2 Å². The molecule has 2 atom stereocenters. The van der Waals surface area contributed by atoms with E-state index in [0.29, 0.717) is 22.7 Å². The Hall–Kier alpha value is -2.47. The van der Waals surface area contributed by atoms with E-state index in [1.54, 1.807) is 38.1 Å². The molecule has 22 heavy (non-hydrogen) atoms. The van der Waals surface area contributed by atoms with Crippen LogP contribution in [-0.4, -0.2) is 26.9 Å². The highest BCUT2D eigenvalue weighted by atomic mass is 16.5. The first-order valence-corrected chi connectivity index (χ1v) is 6.95. The minimum atomic E-state index is -0.905. The zero-order valence-corrected chi connectivity index (χ0v) is 12.4. The third-order valence-corrected chi connectivity index (χ3v) is 3.69. The van der Waals surface area contributed by atoms with E-state index in [1.165, 1.54) is 12.3 Å². The highest BCUT2D eigenvalue weighted by Gasteiger charge is 2.44. The Morgan fingerprint density at radius 1 is 1.27 bits per heavy atom. The lowest BCUT2D eigenvalue weighted by molar-refractivity contribution is -0.103. The van der Waals surface area contributed by atoms with Crippen LogP contribution in [0.25, 0.3) is 0 Å². The SMILES string of the molecule is CC1(C)Oc2ccc(N)cc2C(Oc2ccnc(O)c2)C1O. The van der Waals surface area contributed by atoms with E-state index in [9.17, 15) is 10.2 Å². The molecule has 3 rings (SSSR count). The summed E-state index contributed by atoms with van der Waals surface area (Å²) < 4.78 is 11.7. The standard InChI is InChI=1S/C16H18N2O4/c1-16(2)15(20)14(21-10-5-6-18-13(19)8-10)11-7-9(17)3-4-12(11)22-16/h3-8,14-15,20H,17H2,1-2H3,(H,18,19). The molecule has 1 aliphatic rings. The molecule has 1 aliphatic heterocycles. The number of rotatable bonds is 2. The number of anilines is 1. The summed E-state index contributed by atoms with van der Waals surface area (Å²) in [4.78, 5) is 3.71. The van der Waals surface area contributed by atoms with Crippen molar-refractivity contribution in [3.63, 3.8) is 0 Å². The number of aromatic nitrogens is 1. The molecule has 6 nitrogen and oxygen atoms in total. The fourth-order valence-electron chi connectivity index (χ4n) is 2.51. The van der Waals surface area contributed by atoms with Gasteiger partial charge in [-0.05, 0) is 38.1 Å². The molecule has 0 spiro atoms. The smallest absolute Gasteiger partial charge is 0.214 e. The third kappa shape index (κ3) is 2.53. The number of nitrogens with two attached hydrogens (primary N) is 1. The van der Waals surface area contributed by atoms with Crippen LogP contribution in [0.15, 0.2) is 36.5 Å². The maximum atomic E-state index is 10.6. The van der Waals surface area contributed by atoms with Gasteiger partial charge in [0.2, 0.25) is 5.88 Å². The summed E-state index contributed by atoms with van der Waals surface area (Å²) in [5.41, 5.74) is 6.24. The second-order valence-electron chi connectivity index (χ2n) is 5.84. The van der Waals surface area contributed by atoms with Crippen LogP contribution in [0, 0.1) is 0 Å². The number of pyridine rings is 1. The van der Waals surface area contributed by atoms with E-state index in [2.05, 4.69) is 4.98 Å². The molecule has 116 valence electrons. The van der Waals surface area contributed by atoms with E-state index in [4.69, 9.17) is 15.2 Å². The Balaban J connectivity index is 2.02. The van der Waals surface area contributed by atoms with Crippen LogP contribution in [-0.2, 0) is 0 Å². The molecule has 0 saturated carbocycles. The summed E-state index contributed by atoms with van der Waals surface area (Å²) in [6.45, 7) is 3.58. The van der Waals surface area contributed by atoms with Crippen molar-refractivity contribution in [2.75, 3.05) is 5.73 Å². The quantitative estimate of drug-likeness (QED) is 0.734. The largest absolute Gasteiger partial charge is 0.493 e. The minimum Gasteiger partial charge on any atom is -0.493 e. The zero-order valence-electron chi connectivity index (χ0n) is 12.4. The average molecular weight is 302 g/mol. The number of benzene rings is 1. The summed E-state index contributed by atoms with van der Waals surface area (Å²) >= 11 is 0. The van der Waals surface area contributed by atoms with E-state index >= 15 is 0 Å². The van der Waals surface area contributed by atoms with Crippen LogP contribution in [0.2, 0.25) is 0 Å². The zero-order chi connectivity index (χ0) is 15.9. The normalized spacial score (nSPS) is 22.5. The van der Waals surface area contributed by atoms with Crippen LogP contribution in [0.4, 0.5) is 5.69 Å². The Bertz CT molecular complexity index is 702. The highest BCUT2D eigenvalue weighted by Crippen LogP contribution is 2.42. The fourth-order valence-corrected chi connectivity index (χ4v) is 2.51. The average Bonchev–Trinajstić information content (AvgIpc) is 2.45. The number of hydrogen-bond donors (Lipinski definition) is 3. The first kappa shape index (κ1) is 14.5. The molecule has 0 fully saturated rings. The van der Waals surface area contributed by atoms with Gasteiger partial charge in [0, 0.05) is 23.5 Å². The Morgan fingerprint density at radius 3 is 2.77 bits per heavy atom. The number of nitrogens with zero attached hydrogens (tertiary/aromatic N) is 1. The maximum absolute atomic E-state index is 10.6. The number of fused-ring (bicyclic) bond motifs is 1. The van der Waals surface area contributed by atoms with Crippen molar-refractivity contribution in [3.05, 3.63) is 42.1 Å².